The van der Waals surface area contributed by atoms with Crippen molar-refractivity contribution in [1.82, 2.24) is 15.1 Å². The fourth-order valence-electron chi connectivity index (χ4n) is 2.85. The molecule has 1 aromatic carbocycles. The molecule has 0 saturated carbocycles. The second-order valence-electron chi connectivity index (χ2n) is 6.03. The van der Waals surface area contributed by atoms with Crippen LogP contribution in [-0.4, -0.2) is 15.1 Å². The number of nitrogens with zero attached hydrogens (tertiary/aromatic N) is 2. The summed E-state index contributed by atoms with van der Waals surface area (Å²) in [4.78, 5) is 7.73. The zero-order chi connectivity index (χ0) is 16.1. The monoisotopic (exact) mass is 312 g/mol. The third-order valence-corrected chi connectivity index (χ3v) is 4.17. The highest BCUT2D eigenvalue weighted by Crippen LogP contribution is 2.22. The second kappa shape index (κ2) is 7.42. The van der Waals surface area contributed by atoms with Crippen LogP contribution in [0.1, 0.15) is 55.9 Å². The van der Waals surface area contributed by atoms with Gasteiger partial charge in [-0.05, 0) is 24.5 Å². The van der Waals surface area contributed by atoms with Gasteiger partial charge in [-0.3, -0.25) is 0 Å². The van der Waals surface area contributed by atoms with Gasteiger partial charge < -0.3 is 15.2 Å². The molecule has 5 heteroatoms. The Morgan fingerprint density at radius 1 is 1.22 bits per heavy atom. The maximum absolute atomic E-state index is 6.27. The van der Waals surface area contributed by atoms with Crippen LogP contribution in [0.3, 0.4) is 0 Å². The van der Waals surface area contributed by atoms with Gasteiger partial charge in [0.05, 0.1) is 6.04 Å². The number of aromatic amines is 1. The summed E-state index contributed by atoms with van der Waals surface area (Å²) in [5, 5.41) is 5.25. The molecule has 0 saturated heterocycles. The van der Waals surface area contributed by atoms with E-state index in [1.807, 2.05) is 18.3 Å². The second-order valence-corrected chi connectivity index (χ2v) is 6.03. The Bertz CT molecular complexity index is 746. The van der Waals surface area contributed by atoms with Gasteiger partial charge in [-0.2, -0.15) is 4.98 Å². The van der Waals surface area contributed by atoms with Crippen molar-refractivity contribution < 1.29 is 4.52 Å². The van der Waals surface area contributed by atoms with Crippen molar-refractivity contribution in [1.29, 1.82) is 0 Å². The topological polar surface area (TPSA) is 80.7 Å². The Hall–Kier alpha value is -2.14. The predicted octanol–water partition coefficient (Wildman–Crippen LogP) is 3.92. The normalized spacial score (nSPS) is 12.8. The fraction of sp³-hybridized carbons (Fsp3) is 0.444. The van der Waals surface area contributed by atoms with Gasteiger partial charge in [-0.25, -0.2) is 0 Å². The lowest BCUT2D eigenvalue weighted by molar-refractivity contribution is 0.365. The largest absolute Gasteiger partial charge is 0.361 e. The lowest BCUT2D eigenvalue weighted by Gasteiger charge is -2.05. The zero-order valence-corrected chi connectivity index (χ0v) is 13.6. The predicted molar refractivity (Wildman–Crippen MR) is 91.1 cm³/mol. The molecule has 0 aliphatic heterocycles. The van der Waals surface area contributed by atoms with Crippen LogP contribution in [0.15, 0.2) is 35.0 Å². The number of para-hydroxylation sites is 1. The van der Waals surface area contributed by atoms with E-state index in [1.54, 1.807) is 0 Å². The summed E-state index contributed by atoms with van der Waals surface area (Å²) in [5.41, 5.74) is 8.58. The van der Waals surface area contributed by atoms with Crippen molar-refractivity contribution in [2.45, 2.75) is 51.5 Å². The Kier molecular flexibility index (Phi) is 5.08. The van der Waals surface area contributed by atoms with Crippen LogP contribution in [0, 0.1) is 0 Å². The van der Waals surface area contributed by atoms with Crippen molar-refractivity contribution in [3.63, 3.8) is 0 Å². The molecule has 2 aromatic heterocycles. The Morgan fingerprint density at radius 2 is 2.09 bits per heavy atom. The highest BCUT2D eigenvalue weighted by molar-refractivity contribution is 5.83. The van der Waals surface area contributed by atoms with E-state index in [2.05, 4.69) is 34.2 Å². The molecule has 0 bridgehead atoms. The van der Waals surface area contributed by atoms with Gasteiger partial charge in [0.2, 0.25) is 5.89 Å². The summed E-state index contributed by atoms with van der Waals surface area (Å²) < 4.78 is 5.32. The number of nitrogens with two attached hydrogens (primary N) is 1. The molecule has 23 heavy (non-hydrogen) atoms. The first-order valence-corrected chi connectivity index (χ1v) is 8.41. The SMILES string of the molecule is CCCCCCc1nc([C@@H](N)Cc2c[nH]c3ccccc23)no1. The van der Waals surface area contributed by atoms with Gasteiger partial charge in [0.15, 0.2) is 5.82 Å². The van der Waals surface area contributed by atoms with Gasteiger partial charge >= 0.3 is 0 Å². The molecule has 5 nitrogen and oxygen atoms in total. The maximum Gasteiger partial charge on any atom is 0.226 e. The molecule has 3 aromatic rings. The lowest BCUT2D eigenvalue weighted by atomic mass is 10.1. The molecule has 0 amide bonds. The number of unbranched alkanes of at least 4 members (excludes halogenated alkanes) is 3. The van der Waals surface area contributed by atoms with E-state index >= 15 is 0 Å². The molecular formula is C18H24N4O. The number of nitrogens with one attached hydrogen (secondary N) is 1. The van der Waals surface area contributed by atoms with Crippen LogP contribution in [0.5, 0.6) is 0 Å². The van der Waals surface area contributed by atoms with Gasteiger partial charge in [-0.1, -0.05) is 49.5 Å². The minimum absolute atomic E-state index is 0.248. The van der Waals surface area contributed by atoms with Gasteiger partial charge in [0.25, 0.3) is 0 Å². The number of H-pyrrole nitrogens is 1. The molecule has 3 N–H and O–H groups in total. The van der Waals surface area contributed by atoms with E-state index in [9.17, 15) is 0 Å². The standard InChI is InChI=1S/C18H24N4O/c1-2-3-4-5-10-17-21-18(22-23-17)15(19)11-13-12-20-16-9-7-6-8-14(13)16/h6-9,12,15,20H,2-5,10-11,19H2,1H3/t15-/m0/s1. The molecule has 3 rings (SSSR count). The van der Waals surface area contributed by atoms with Crippen LogP contribution in [0.4, 0.5) is 0 Å². The summed E-state index contributed by atoms with van der Waals surface area (Å²) in [7, 11) is 0. The molecule has 0 fully saturated rings. The van der Waals surface area contributed by atoms with E-state index < -0.39 is 0 Å². The van der Waals surface area contributed by atoms with Crippen LogP contribution < -0.4 is 5.73 Å². The molecular weight excluding hydrogens is 288 g/mol. The summed E-state index contributed by atoms with van der Waals surface area (Å²) in [6, 6.07) is 7.97. The molecule has 1 atom stereocenters. The van der Waals surface area contributed by atoms with E-state index in [0.717, 1.165) is 18.4 Å². The molecule has 0 unspecified atom stereocenters. The van der Waals surface area contributed by atoms with Gasteiger partial charge in [0.1, 0.15) is 0 Å². The molecule has 0 spiro atoms. The highest BCUT2D eigenvalue weighted by Gasteiger charge is 2.16. The zero-order valence-electron chi connectivity index (χ0n) is 13.6. The van der Waals surface area contributed by atoms with Crippen LogP contribution >= 0.6 is 0 Å². The first-order valence-electron chi connectivity index (χ1n) is 8.41. The Labute approximate surface area is 136 Å². The van der Waals surface area contributed by atoms with Crippen LogP contribution in [-0.2, 0) is 12.8 Å². The number of rotatable bonds is 8. The molecule has 122 valence electrons. The first-order chi connectivity index (χ1) is 11.3. The van der Waals surface area contributed by atoms with E-state index in [4.69, 9.17) is 10.3 Å². The quantitative estimate of drug-likeness (QED) is 0.618. The minimum atomic E-state index is -0.248. The number of aryl methyl sites for hydroxylation is 1. The Balaban J connectivity index is 1.62. The van der Waals surface area contributed by atoms with Crippen molar-refractivity contribution >= 4 is 10.9 Å². The molecule has 0 aliphatic rings. The first kappa shape index (κ1) is 15.7. The van der Waals surface area contributed by atoms with Crippen LogP contribution in [0.2, 0.25) is 0 Å². The van der Waals surface area contributed by atoms with Crippen LogP contribution in [0.25, 0.3) is 10.9 Å². The van der Waals surface area contributed by atoms with E-state index in [0.29, 0.717) is 18.1 Å². The average Bonchev–Trinajstić information content (AvgIpc) is 3.19. The van der Waals surface area contributed by atoms with Crippen molar-refractivity contribution in [3.05, 3.63) is 47.7 Å². The van der Waals surface area contributed by atoms with Crippen molar-refractivity contribution in [3.8, 4) is 0 Å². The summed E-state index contributed by atoms with van der Waals surface area (Å²) in [6.07, 6.45) is 8.32. The average molecular weight is 312 g/mol. The maximum atomic E-state index is 6.27. The minimum Gasteiger partial charge on any atom is -0.361 e. The Morgan fingerprint density at radius 3 is 2.96 bits per heavy atom. The number of fused-ring (bicyclic) bond motifs is 1. The van der Waals surface area contributed by atoms with Crippen molar-refractivity contribution in [2.75, 3.05) is 0 Å². The third kappa shape index (κ3) is 3.79. The molecule has 2 heterocycles. The highest BCUT2D eigenvalue weighted by atomic mass is 16.5. The lowest BCUT2D eigenvalue weighted by Crippen LogP contribution is -2.15. The summed E-state index contributed by atoms with van der Waals surface area (Å²) >= 11 is 0. The van der Waals surface area contributed by atoms with Gasteiger partial charge in [-0.15, -0.1) is 0 Å². The molecule has 0 radical (unpaired) electrons. The fourth-order valence-corrected chi connectivity index (χ4v) is 2.85. The van der Waals surface area contributed by atoms with E-state index in [-0.39, 0.29) is 6.04 Å². The number of hydrogen-bond donors (Lipinski definition) is 2. The third-order valence-electron chi connectivity index (χ3n) is 4.17. The summed E-state index contributed by atoms with van der Waals surface area (Å²) in [6.45, 7) is 2.20. The van der Waals surface area contributed by atoms with Gasteiger partial charge in [0, 0.05) is 23.5 Å². The van der Waals surface area contributed by atoms with E-state index in [1.165, 1.54) is 30.2 Å². The van der Waals surface area contributed by atoms with Crippen molar-refractivity contribution in [2.24, 2.45) is 5.73 Å². The summed E-state index contributed by atoms with van der Waals surface area (Å²) in [5.74, 6) is 1.30. The number of benzene rings is 1. The smallest absolute Gasteiger partial charge is 0.226 e. The number of hydrogen-bond acceptors (Lipinski definition) is 4. The molecule has 0 aliphatic carbocycles. The number of aromatic nitrogens is 3.